The third kappa shape index (κ3) is 1.88. The van der Waals surface area contributed by atoms with Crippen molar-refractivity contribution in [2.24, 2.45) is 7.05 Å². The summed E-state index contributed by atoms with van der Waals surface area (Å²) in [5, 5.41) is 0. The Labute approximate surface area is 105 Å². The smallest absolute Gasteiger partial charge is 0.301 e. The summed E-state index contributed by atoms with van der Waals surface area (Å²) >= 11 is 0. The molecule has 0 saturated heterocycles. The summed E-state index contributed by atoms with van der Waals surface area (Å²) < 4.78 is 26.8. The van der Waals surface area contributed by atoms with Gasteiger partial charge >= 0.3 is 5.69 Å². The van der Waals surface area contributed by atoms with Gasteiger partial charge in [0.1, 0.15) is 0 Å². The second-order valence-electron chi connectivity index (χ2n) is 4.25. The number of benzene rings is 1. The van der Waals surface area contributed by atoms with E-state index in [1.165, 1.54) is 29.9 Å². The first-order chi connectivity index (χ1) is 8.34. The summed E-state index contributed by atoms with van der Waals surface area (Å²) in [5.41, 5.74) is 0.794. The summed E-state index contributed by atoms with van der Waals surface area (Å²) in [6, 6.07) is 6.42. The van der Waals surface area contributed by atoms with Crippen molar-refractivity contribution >= 4 is 10.0 Å². The van der Waals surface area contributed by atoms with Crippen LogP contribution in [0.1, 0.15) is 11.3 Å². The molecule has 96 valence electrons. The SMILES string of the molecule is Cc1ccc(S(=O)(=O)n2c(C)cn(C)c2=O)cc1. The molecule has 0 aliphatic rings. The molecule has 2 aromatic rings. The Morgan fingerprint density at radius 3 is 2.06 bits per heavy atom. The highest BCUT2D eigenvalue weighted by molar-refractivity contribution is 7.90. The third-order valence-electron chi connectivity index (χ3n) is 2.74. The lowest BCUT2D eigenvalue weighted by Crippen LogP contribution is -2.29. The minimum absolute atomic E-state index is 0.115. The minimum atomic E-state index is -3.81. The molecule has 0 saturated carbocycles. The van der Waals surface area contributed by atoms with Crippen LogP contribution in [0.3, 0.4) is 0 Å². The molecular weight excluding hydrogens is 252 g/mol. The summed E-state index contributed by atoms with van der Waals surface area (Å²) in [6.45, 7) is 3.46. The molecule has 1 aromatic carbocycles. The van der Waals surface area contributed by atoms with Crippen LogP contribution in [-0.4, -0.2) is 17.0 Å². The van der Waals surface area contributed by atoms with Crippen LogP contribution < -0.4 is 5.69 Å². The molecular formula is C12H14N2O3S. The molecule has 0 unspecified atom stereocenters. The molecule has 1 aromatic heterocycles. The molecule has 5 nitrogen and oxygen atoms in total. The zero-order valence-corrected chi connectivity index (χ0v) is 11.2. The fourth-order valence-electron chi connectivity index (χ4n) is 1.79. The van der Waals surface area contributed by atoms with Crippen molar-refractivity contribution in [1.29, 1.82) is 0 Å². The zero-order chi connectivity index (χ0) is 13.5. The predicted octanol–water partition coefficient (Wildman–Crippen LogP) is 1.04. The maximum atomic E-state index is 12.3. The Bertz CT molecular complexity index is 737. The van der Waals surface area contributed by atoms with Crippen molar-refractivity contribution in [3.05, 3.63) is 52.2 Å². The van der Waals surface area contributed by atoms with Gasteiger partial charge in [-0.05, 0) is 26.0 Å². The quantitative estimate of drug-likeness (QED) is 0.816. The number of nitrogens with zero attached hydrogens (tertiary/aromatic N) is 2. The Morgan fingerprint density at radius 2 is 1.61 bits per heavy atom. The Kier molecular flexibility index (Phi) is 2.90. The van der Waals surface area contributed by atoms with Crippen LogP contribution in [-0.2, 0) is 17.1 Å². The van der Waals surface area contributed by atoms with Gasteiger partial charge in [0, 0.05) is 13.2 Å². The van der Waals surface area contributed by atoms with Crippen molar-refractivity contribution in [1.82, 2.24) is 8.54 Å². The van der Waals surface area contributed by atoms with Crippen LogP contribution >= 0.6 is 0 Å². The number of hydrogen-bond donors (Lipinski definition) is 0. The van der Waals surface area contributed by atoms with Gasteiger partial charge in [0.2, 0.25) is 0 Å². The zero-order valence-electron chi connectivity index (χ0n) is 10.4. The first kappa shape index (κ1) is 12.6. The number of rotatable bonds is 2. The first-order valence-electron chi connectivity index (χ1n) is 5.41. The number of aromatic nitrogens is 2. The van der Waals surface area contributed by atoms with Crippen LogP contribution in [0, 0.1) is 13.8 Å². The van der Waals surface area contributed by atoms with E-state index in [1.807, 2.05) is 6.92 Å². The molecule has 0 aliphatic heterocycles. The van der Waals surface area contributed by atoms with E-state index in [4.69, 9.17) is 0 Å². The fraction of sp³-hybridized carbons (Fsp3) is 0.250. The Hall–Kier alpha value is -1.82. The topological polar surface area (TPSA) is 61.1 Å². The van der Waals surface area contributed by atoms with E-state index >= 15 is 0 Å². The van der Waals surface area contributed by atoms with Gasteiger partial charge in [-0.15, -0.1) is 0 Å². The van der Waals surface area contributed by atoms with Crippen molar-refractivity contribution in [3.8, 4) is 0 Å². The highest BCUT2D eigenvalue weighted by Gasteiger charge is 2.22. The van der Waals surface area contributed by atoms with Crippen LogP contribution in [0.15, 0.2) is 40.2 Å². The maximum absolute atomic E-state index is 12.3. The molecule has 0 amide bonds. The summed E-state index contributed by atoms with van der Waals surface area (Å²) in [6.07, 6.45) is 1.49. The second-order valence-corrected chi connectivity index (χ2v) is 6.03. The van der Waals surface area contributed by atoms with Gasteiger partial charge in [0.05, 0.1) is 10.6 Å². The molecule has 0 aliphatic carbocycles. The average molecular weight is 266 g/mol. The molecule has 0 radical (unpaired) electrons. The van der Waals surface area contributed by atoms with Gasteiger partial charge in [-0.25, -0.2) is 13.2 Å². The molecule has 18 heavy (non-hydrogen) atoms. The lowest BCUT2D eigenvalue weighted by Gasteiger charge is -2.06. The minimum Gasteiger partial charge on any atom is -0.301 e. The van der Waals surface area contributed by atoms with Gasteiger partial charge in [-0.3, -0.25) is 0 Å². The number of aryl methyl sites for hydroxylation is 3. The fourth-order valence-corrected chi connectivity index (χ4v) is 3.24. The molecule has 0 bridgehead atoms. The molecule has 0 spiro atoms. The van der Waals surface area contributed by atoms with E-state index in [2.05, 4.69) is 0 Å². The van der Waals surface area contributed by atoms with Crippen LogP contribution in [0.4, 0.5) is 0 Å². The standard InChI is InChI=1S/C12H14N2O3S/c1-9-4-6-11(7-5-9)18(16,17)14-10(2)8-13(3)12(14)15/h4-8H,1-3H3. The van der Waals surface area contributed by atoms with Crippen LogP contribution in [0.5, 0.6) is 0 Å². The van der Waals surface area contributed by atoms with E-state index < -0.39 is 15.7 Å². The third-order valence-corrected chi connectivity index (χ3v) is 4.53. The van der Waals surface area contributed by atoms with Gasteiger partial charge in [-0.2, -0.15) is 3.97 Å². The Morgan fingerprint density at radius 1 is 1.06 bits per heavy atom. The molecule has 6 heteroatoms. The molecule has 0 atom stereocenters. The van der Waals surface area contributed by atoms with Gasteiger partial charge in [-0.1, -0.05) is 17.7 Å². The lowest BCUT2D eigenvalue weighted by molar-refractivity contribution is 0.583. The molecule has 0 fully saturated rings. The second kappa shape index (κ2) is 4.13. The van der Waals surface area contributed by atoms with Crippen molar-refractivity contribution < 1.29 is 8.42 Å². The monoisotopic (exact) mass is 266 g/mol. The number of imidazole rings is 1. The van der Waals surface area contributed by atoms with Crippen LogP contribution in [0.25, 0.3) is 0 Å². The largest absolute Gasteiger partial charge is 0.342 e. The van der Waals surface area contributed by atoms with Crippen molar-refractivity contribution in [2.75, 3.05) is 0 Å². The lowest BCUT2D eigenvalue weighted by atomic mass is 10.2. The average Bonchev–Trinajstić information content (AvgIpc) is 2.54. The van der Waals surface area contributed by atoms with E-state index in [1.54, 1.807) is 19.1 Å². The van der Waals surface area contributed by atoms with E-state index in [9.17, 15) is 13.2 Å². The van der Waals surface area contributed by atoms with Crippen LogP contribution in [0.2, 0.25) is 0 Å². The summed E-state index contributed by atoms with van der Waals surface area (Å²) in [4.78, 5) is 11.9. The number of hydrogen-bond acceptors (Lipinski definition) is 3. The first-order valence-corrected chi connectivity index (χ1v) is 6.85. The molecule has 2 rings (SSSR count). The highest BCUT2D eigenvalue weighted by atomic mass is 32.2. The van der Waals surface area contributed by atoms with Crippen molar-refractivity contribution in [2.45, 2.75) is 18.7 Å². The summed E-state index contributed by atoms with van der Waals surface area (Å²) in [7, 11) is -2.29. The van der Waals surface area contributed by atoms with E-state index in [-0.39, 0.29) is 4.90 Å². The van der Waals surface area contributed by atoms with E-state index in [0.717, 1.165) is 9.54 Å². The predicted molar refractivity (Wildman–Crippen MR) is 68.2 cm³/mol. The van der Waals surface area contributed by atoms with E-state index in [0.29, 0.717) is 5.69 Å². The van der Waals surface area contributed by atoms with Crippen molar-refractivity contribution in [3.63, 3.8) is 0 Å². The molecule has 0 N–H and O–H groups in total. The van der Waals surface area contributed by atoms with Gasteiger partial charge in [0.15, 0.2) is 0 Å². The highest BCUT2D eigenvalue weighted by Crippen LogP contribution is 2.14. The molecule has 1 heterocycles. The maximum Gasteiger partial charge on any atom is 0.342 e. The van der Waals surface area contributed by atoms with Gasteiger partial charge < -0.3 is 4.57 Å². The van der Waals surface area contributed by atoms with Gasteiger partial charge in [0.25, 0.3) is 10.0 Å². The summed E-state index contributed by atoms with van der Waals surface area (Å²) in [5.74, 6) is 0. The normalized spacial score (nSPS) is 11.7. The Balaban J connectivity index is 2.69.